The van der Waals surface area contributed by atoms with Crippen molar-refractivity contribution in [3.05, 3.63) is 82.7 Å². The third-order valence-corrected chi connectivity index (χ3v) is 4.25. The zero-order valence-corrected chi connectivity index (χ0v) is 14.0. The van der Waals surface area contributed by atoms with Crippen molar-refractivity contribution in [2.24, 2.45) is 0 Å². The van der Waals surface area contributed by atoms with Gasteiger partial charge in [-0.25, -0.2) is 14.2 Å². The molecule has 0 aliphatic carbocycles. The maximum absolute atomic E-state index is 13.0. The van der Waals surface area contributed by atoms with Crippen molar-refractivity contribution in [2.75, 3.05) is 5.32 Å². The summed E-state index contributed by atoms with van der Waals surface area (Å²) in [5.74, 6) is 0.00680. The molecule has 26 heavy (non-hydrogen) atoms. The van der Waals surface area contributed by atoms with Gasteiger partial charge in [-0.2, -0.15) is 0 Å². The number of hydrogen-bond acceptors (Lipinski definition) is 4. The van der Waals surface area contributed by atoms with E-state index >= 15 is 0 Å². The largest absolute Gasteiger partial charge is 0.417 e. The number of benzene rings is 2. The molecule has 0 saturated heterocycles. The molecular weight excluding hydrogens is 333 g/mol. The third-order valence-electron chi connectivity index (χ3n) is 4.25. The van der Waals surface area contributed by atoms with Gasteiger partial charge in [-0.05, 0) is 54.4 Å². The van der Waals surface area contributed by atoms with Gasteiger partial charge in [0.25, 0.3) is 0 Å². The van der Waals surface area contributed by atoms with Crippen molar-refractivity contribution < 1.29 is 8.81 Å². The van der Waals surface area contributed by atoms with Crippen LogP contribution in [0.25, 0.3) is 22.2 Å². The van der Waals surface area contributed by atoms with Gasteiger partial charge >= 0.3 is 5.76 Å². The van der Waals surface area contributed by atoms with Crippen LogP contribution in [0.5, 0.6) is 0 Å². The highest BCUT2D eigenvalue weighted by Gasteiger charge is 2.08. The molecule has 2 N–H and O–H groups in total. The lowest BCUT2D eigenvalue weighted by molar-refractivity contribution is 0.555. The summed E-state index contributed by atoms with van der Waals surface area (Å²) in [6.45, 7) is 1.99. The van der Waals surface area contributed by atoms with Gasteiger partial charge in [-0.1, -0.05) is 18.2 Å². The predicted octanol–water partition coefficient (Wildman–Crippen LogP) is 4.50. The van der Waals surface area contributed by atoms with Crippen LogP contribution in [0.15, 0.2) is 70.0 Å². The van der Waals surface area contributed by atoms with E-state index in [2.05, 4.69) is 15.3 Å². The van der Waals surface area contributed by atoms with E-state index in [1.54, 1.807) is 24.4 Å². The van der Waals surface area contributed by atoms with Crippen LogP contribution in [0, 0.1) is 5.82 Å². The van der Waals surface area contributed by atoms with Crippen LogP contribution in [0.3, 0.4) is 0 Å². The highest BCUT2D eigenvalue weighted by molar-refractivity contribution is 5.80. The number of anilines is 1. The summed E-state index contributed by atoms with van der Waals surface area (Å²) in [5, 5.41) is 3.29. The molecule has 2 heterocycles. The van der Waals surface area contributed by atoms with Crippen molar-refractivity contribution in [3.63, 3.8) is 0 Å². The van der Waals surface area contributed by atoms with Crippen LogP contribution in [-0.4, -0.2) is 9.97 Å². The quantitative estimate of drug-likeness (QED) is 0.569. The minimum atomic E-state index is -0.468. The van der Waals surface area contributed by atoms with E-state index in [1.165, 1.54) is 12.1 Å². The summed E-state index contributed by atoms with van der Waals surface area (Å²) in [6, 6.07) is 15.7. The summed E-state index contributed by atoms with van der Waals surface area (Å²) >= 11 is 0. The Balaban J connectivity index is 1.53. The maximum atomic E-state index is 13.0. The summed E-state index contributed by atoms with van der Waals surface area (Å²) < 4.78 is 18.0. The number of nitrogens with one attached hydrogen (secondary N) is 2. The molecule has 0 saturated carbocycles. The van der Waals surface area contributed by atoms with Crippen molar-refractivity contribution in [2.45, 2.75) is 13.0 Å². The number of pyridine rings is 1. The standard InChI is InChI=1S/C20H16FN3O2/c1-12(13-2-6-16(21)7-3-13)23-19-9-5-15(11-22-19)14-4-8-18-17(10-14)24-20(25)26-18/h2-12H,1H3,(H,22,23)(H,24,25)/t12-/m1/s1. The van der Waals surface area contributed by atoms with Gasteiger partial charge in [0.2, 0.25) is 0 Å². The summed E-state index contributed by atoms with van der Waals surface area (Å²) in [5.41, 5.74) is 4.01. The lowest BCUT2D eigenvalue weighted by Gasteiger charge is -2.15. The Morgan fingerprint density at radius 3 is 2.58 bits per heavy atom. The predicted molar refractivity (Wildman–Crippen MR) is 98.5 cm³/mol. The monoisotopic (exact) mass is 349 g/mol. The van der Waals surface area contributed by atoms with Crippen LogP contribution < -0.4 is 11.1 Å². The molecule has 2 aromatic heterocycles. The van der Waals surface area contributed by atoms with Crippen LogP contribution in [0.1, 0.15) is 18.5 Å². The van der Waals surface area contributed by atoms with E-state index in [9.17, 15) is 9.18 Å². The lowest BCUT2D eigenvalue weighted by atomic mass is 10.1. The van der Waals surface area contributed by atoms with Gasteiger partial charge < -0.3 is 9.73 Å². The number of rotatable bonds is 4. The maximum Gasteiger partial charge on any atom is 0.417 e. The van der Waals surface area contributed by atoms with E-state index in [0.29, 0.717) is 11.1 Å². The molecule has 0 spiro atoms. The van der Waals surface area contributed by atoms with Gasteiger partial charge in [0.05, 0.1) is 5.52 Å². The first-order valence-corrected chi connectivity index (χ1v) is 8.20. The fourth-order valence-corrected chi connectivity index (χ4v) is 2.84. The minimum Gasteiger partial charge on any atom is -0.408 e. The second-order valence-electron chi connectivity index (χ2n) is 6.08. The Labute approximate surface area is 148 Å². The average Bonchev–Trinajstić information content (AvgIpc) is 3.02. The molecule has 0 unspecified atom stereocenters. The lowest BCUT2D eigenvalue weighted by Crippen LogP contribution is -2.07. The molecule has 0 bridgehead atoms. The van der Waals surface area contributed by atoms with Crippen molar-refractivity contribution in [1.29, 1.82) is 0 Å². The number of halogens is 1. The number of oxazole rings is 1. The van der Waals surface area contributed by atoms with E-state index in [0.717, 1.165) is 22.5 Å². The summed E-state index contributed by atoms with van der Waals surface area (Å²) in [4.78, 5) is 18.3. The van der Waals surface area contributed by atoms with E-state index in [-0.39, 0.29) is 11.9 Å². The van der Waals surface area contributed by atoms with E-state index in [1.807, 2.05) is 31.2 Å². The SMILES string of the molecule is C[C@@H](Nc1ccc(-c2ccc3oc(=O)[nH]c3c2)cn1)c1ccc(F)cc1. The first-order chi connectivity index (χ1) is 12.6. The van der Waals surface area contributed by atoms with Crippen molar-refractivity contribution in [1.82, 2.24) is 9.97 Å². The first-order valence-electron chi connectivity index (χ1n) is 8.20. The second kappa shape index (κ2) is 6.48. The second-order valence-corrected chi connectivity index (χ2v) is 6.08. The summed E-state index contributed by atoms with van der Waals surface area (Å²) in [7, 11) is 0. The van der Waals surface area contributed by atoms with E-state index in [4.69, 9.17) is 4.42 Å². The fraction of sp³-hybridized carbons (Fsp3) is 0.100. The minimum absolute atomic E-state index is 0.00121. The average molecular weight is 349 g/mol. The Hall–Kier alpha value is -3.41. The Bertz CT molecular complexity index is 1100. The van der Waals surface area contributed by atoms with Gasteiger partial charge in [-0.15, -0.1) is 0 Å². The Morgan fingerprint density at radius 1 is 1.08 bits per heavy atom. The van der Waals surface area contributed by atoms with Crippen LogP contribution in [0.4, 0.5) is 10.2 Å². The third kappa shape index (κ3) is 3.21. The molecular formula is C20H16FN3O2. The number of aromatic nitrogens is 2. The molecule has 0 aliphatic heterocycles. The number of fused-ring (bicyclic) bond motifs is 1. The number of nitrogens with zero attached hydrogens (tertiary/aromatic N) is 1. The zero-order valence-electron chi connectivity index (χ0n) is 14.0. The smallest absolute Gasteiger partial charge is 0.408 e. The van der Waals surface area contributed by atoms with Gasteiger partial charge in [0, 0.05) is 17.8 Å². The molecule has 0 aliphatic rings. The molecule has 2 aromatic carbocycles. The molecule has 130 valence electrons. The fourth-order valence-electron chi connectivity index (χ4n) is 2.84. The number of aromatic amines is 1. The Kier molecular flexibility index (Phi) is 4.01. The topological polar surface area (TPSA) is 70.9 Å². The van der Waals surface area contributed by atoms with Crippen molar-refractivity contribution in [3.8, 4) is 11.1 Å². The molecule has 0 amide bonds. The number of H-pyrrole nitrogens is 1. The van der Waals surface area contributed by atoms with E-state index < -0.39 is 5.76 Å². The highest BCUT2D eigenvalue weighted by Crippen LogP contribution is 2.24. The normalized spacial score (nSPS) is 12.2. The molecule has 1 atom stereocenters. The zero-order chi connectivity index (χ0) is 18.1. The van der Waals surface area contributed by atoms with Gasteiger partial charge in [0.1, 0.15) is 11.6 Å². The van der Waals surface area contributed by atoms with Crippen LogP contribution in [0.2, 0.25) is 0 Å². The molecule has 4 rings (SSSR count). The molecule has 0 fully saturated rings. The number of hydrogen-bond donors (Lipinski definition) is 2. The Morgan fingerprint density at radius 2 is 1.85 bits per heavy atom. The van der Waals surface area contributed by atoms with Crippen molar-refractivity contribution >= 4 is 16.9 Å². The first kappa shape index (κ1) is 16.1. The molecule has 4 aromatic rings. The van der Waals surface area contributed by atoms with Crippen LogP contribution >= 0.6 is 0 Å². The molecule has 6 heteroatoms. The molecule has 5 nitrogen and oxygen atoms in total. The summed E-state index contributed by atoms with van der Waals surface area (Å²) in [6.07, 6.45) is 1.76. The van der Waals surface area contributed by atoms with Gasteiger partial charge in [-0.3, -0.25) is 4.98 Å². The highest BCUT2D eigenvalue weighted by atomic mass is 19.1. The van der Waals surface area contributed by atoms with Crippen LogP contribution in [-0.2, 0) is 0 Å². The molecule has 0 radical (unpaired) electrons. The van der Waals surface area contributed by atoms with Gasteiger partial charge in [0.15, 0.2) is 5.58 Å².